The molecule has 0 saturated carbocycles. The fourth-order valence-corrected chi connectivity index (χ4v) is 5.48. The van der Waals surface area contributed by atoms with Crippen molar-refractivity contribution in [2.75, 3.05) is 32.1 Å². The van der Waals surface area contributed by atoms with Gasteiger partial charge in [0.05, 0.1) is 0 Å². The van der Waals surface area contributed by atoms with Gasteiger partial charge in [-0.3, -0.25) is 0 Å². The molecule has 39 heavy (non-hydrogen) atoms. The van der Waals surface area contributed by atoms with E-state index >= 15 is 0 Å². The van der Waals surface area contributed by atoms with Crippen LogP contribution in [0, 0.1) is 0 Å². The first-order valence-electron chi connectivity index (χ1n) is 16.8. The minimum Gasteiger partial charge on any atom is -0.378 e. The third-order valence-corrected chi connectivity index (χ3v) is 8.22. The van der Waals surface area contributed by atoms with Crippen LogP contribution in [0.2, 0.25) is 0 Å². The van der Waals surface area contributed by atoms with Gasteiger partial charge in [0, 0.05) is 32.9 Å². The summed E-state index contributed by atoms with van der Waals surface area (Å²) < 4.78 is 0. The summed E-state index contributed by atoms with van der Waals surface area (Å²) in [7, 11) is 4.16. The first kappa shape index (κ1) is 33.2. The molecule has 2 rings (SSSR count). The molecule has 0 amide bonds. The molecular weight excluding hydrogens is 472 g/mol. The van der Waals surface area contributed by atoms with E-state index in [0.717, 1.165) is 6.54 Å². The monoisotopic (exact) mass is 534 g/mol. The summed E-state index contributed by atoms with van der Waals surface area (Å²) >= 11 is 0. The van der Waals surface area contributed by atoms with Crippen LogP contribution in [0.15, 0.2) is 54.3 Å². The van der Waals surface area contributed by atoms with Crippen LogP contribution in [0.5, 0.6) is 0 Å². The normalized spacial score (nSPS) is 13.4. The molecule has 0 aromatic heterocycles. The predicted octanol–water partition coefficient (Wildman–Crippen LogP) is 11.3. The lowest BCUT2D eigenvalue weighted by molar-refractivity contribution is 0.391. The van der Waals surface area contributed by atoms with Gasteiger partial charge in [-0.05, 0) is 42.0 Å². The third-order valence-electron chi connectivity index (χ3n) is 8.22. The Hall–Kier alpha value is -1.96. The van der Waals surface area contributed by atoms with Crippen LogP contribution >= 0.6 is 0 Å². The maximum Gasteiger partial charge on any atom is 0.0362 e. The molecule has 0 atom stereocenters. The number of nitrogens with zero attached hydrogens (tertiary/aromatic N) is 2. The highest BCUT2D eigenvalue weighted by molar-refractivity contribution is 5.58. The molecule has 1 heterocycles. The zero-order valence-electron chi connectivity index (χ0n) is 26.1. The molecule has 0 fully saturated rings. The summed E-state index contributed by atoms with van der Waals surface area (Å²) in [5, 5.41) is 0. The summed E-state index contributed by atoms with van der Waals surface area (Å²) in [6, 6.07) is 8.72. The average Bonchev–Trinajstić information content (AvgIpc) is 2.96. The van der Waals surface area contributed by atoms with E-state index in [1.54, 1.807) is 0 Å². The number of anilines is 1. The molecule has 0 unspecified atom stereocenters. The van der Waals surface area contributed by atoms with Gasteiger partial charge in [0.1, 0.15) is 0 Å². The van der Waals surface area contributed by atoms with Crippen LogP contribution in [0.3, 0.4) is 0 Å². The van der Waals surface area contributed by atoms with Gasteiger partial charge in [0.15, 0.2) is 0 Å². The summed E-state index contributed by atoms with van der Waals surface area (Å²) in [6.07, 6.45) is 40.2. The van der Waals surface area contributed by atoms with Gasteiger partial charge in [0.2, 0.25) is 0 Å². The smallest absolute Gasteiger partial charge is 0.0362 e. The van der Waals surface area contributed by atoms with E-state index in [9.17, 15) is 0 Å². The fourth-order valence-electron chi connectivity index (χ4n) is 5.48. The molecule has 0 radical (unpaired) electrons. The second kappa shape index (κ2) is 22.8. The van der Waals surface area contributed by atoms with E-state index < -0.39 is 0 Å². The number of allylic oxidation sites excluding steroid dienone is 3. The van der Waals surface area contributed by atoms with Gasteiger partial charge in [0.25, 0.3) is 0 Å². The summed E-state index contributed by atoms with van der Waals surface area (Å²) in [4.78, 5) is 4.59. The maximum absolute atomic E-state index is 2.46. The summed E-state index contributed by atoms with van der Waals surface area (Å²) in [5.41, 5.74) is 3.80. The molecule has 0 aliphatic carbocycles. The predicted molar refractivity (Wildman–Crippen MR) is 177 cm³/mol. The molecule has 0 N–H and O–H groups in total. The largest absolute Gasteiger partial charge is 0.378 e. The number of rotatable bonds is 24. The van der Waals surface area contributed by atoms with Gasteiger partial charge in [-0.2, -0.15) is 0 Å². The van der Waals surface area contributed by atoms with E-state index in [4.69, 9.17) is 0 Å². The Bertz CT molecular complexity index is 786. The molecule has 0 saturated heterocycles. The van der Waals surface area contributed by atoms with Crippen LogP contribution in [0.25, 0.3) is 6.08 Å². The van der Waals surface area contributed by atoms with Crippen molar-refractivity contribution in [2.24, 2.45) is 0 Å². The first-order chi connectivity index (χ1) is 19.2. The minimum atomic E-state index is 1.04. The van der Waals surface area contributed by atoms with E-state index in [1.165, 1.54) is 152 Å². The Morgan fingerprint density at radius 1 is 0.615 bits per heavy atom. The van der Waals surface area contributed by atoms with Gasteiger partial charge in [-0.15, -0.1) is 0 Å². The van der Waals surface area contributed by atoms with E-state index in [1.807, 2.05) is 0 Å². The van der Waals surface area contributed by atoms with Crippen molar-refractivity contribution in [3.05, 3.63) is 59.8 Å². The second-order valence-electron chi connectivity index (χ2n) is 12.1. The zero-order valence-corrected chi connectivity index (χ0v) is 26.1. The highest BCUT2D eigenvalue weighted by Gasteiger charge is 2.03. The lowest BCUT2D eigenvalue weighted by Gasteiger charge is -2.22. The highest BCUT2D eigenvalue weighted by atomic mass is 15.1. The molecule has 2 nitrogen and oxygen atoms in total. The van der Waals surface area contributed by atoms with E-state index in [2.05, 4.69) is 85.6 Å². The molecular formula is C37H62N2. The summed E-state index contributed by atoms with van der Waals surface area (Å²) in [6.45, 7) is 4.53. The zero-order chi connectivity index (χ0) is 27.8. The Morgan fingerprint density at radius 2 is 1.08 bits per heavy atom. The summed E-state index contributed by atoms with van der Waals surface area (Å²) in [5.74, 6) is 0. The Morgan fingerprint density at radius 3 is 1.49 bits per heavy atom. The van der Waals surface area contributed by atoms with Crippen LogP contribution < -0.4 is 4.90 Å². The molecule has 0 bridgehead atoms. The minimum absolute atomic E-state index is 1.04. The van der Waals surface area contributed by atoms with Crippen molar-refractivity contribution >= 4 is 11.8 Å². The number of hydrogen-bond acceptors (Lipinski definition) is 2. The van der Waals surface area contributed by atoms with Crippen molar-refractivity contribution in [2.45, 2.75) is 135 Å². The van der Waals surface area contributed by atoms with Gasteiger partial charge >= 0.3 is 0 Å². The fraction of sp³-hybridized carbons (Fsp3) is 0.676. The second-order valence-corrected chi connectivity index (χ2v) is 12.1. The van der Waals surface area contributed by atoms with E-state index in [-0.39, 0.29) is 0 Å². The molecule has 2 heteroatoms. The topological polar surface area (TPSA) is 6.48 Å². The maximum atomic E-state index is 2.46. The van der Waals surface area contributed by atoms with Crippen molar-refractivity contribution in [1.29, 1.82) is 0 Å². The van der Waals surface area contributed by atoms with Gasteiger partial charge < -0.3 is 9.80 Å². The van der Waals surface area contributed by atoms with Crippen LogP contribution in [0.4, 0.5) is 5.69 Å². The van der Waals surface area contributed by atoms with Crippen molar-refractivity contribution < 1.29 is 0 Å². The highest BCUT2D eigenvalue weighted by Crippen LogP contribution is 2.17. The molecule has 0 spiro atoms. The van der Waals surface area contributed by atoms with E-state index in [0.29, 0.717) is 0 Å². The standard InChI is InChI=1S/C37H62N2/c1-4-5-6-7-8-9-10-11-12-13-14-15-16-17-18-19-20-21-22-23-32-39-33-30-36(31-34-39)25-24-35-26-28-37(29-27-35)38(2)3/h24-31,33H,4-23,32,34H2,1-3H3. The molecule has 1 aromatic rings. The molecule has 1 aromatic carbocycles. The Kier molecular flexibility index (Phi) is 19.4. The molecule has 220 valence electrons. The Balaban J connectivity index is 1.33. The number of hydrogen-bond donors (Lipinski definition) is 0. The SMILES string of the molecule is CCCCCCCCCCCCCCCCCCCCCCN1C=CC(C=Cc2ccc(N(C)C)cc2)=CC1. The lowest BCUT2D eigenvalue weighted by atomic mass is 10.0. The number of benzene rings is 1. The number of unbranched alkanes of at least 4 members (excludes halogenated alkanes) is 19. The lowest BCUT2D eigenvalue weighted by Crippen LogP contribution is -2.20. The van der Waals surface area contributed by atoms with Gasteiger partial charge in [-0.1, -0.05) is 159 Å². The molecule has 1 aliphatic rings. The molecule has 1 aliphatic heterocycles. The van der Waals surface area contributed by atoms with Crippen LogP contribution in [0.1, 0.15) is 141 Å². The van der Waals surface area contributed by atoms with Crippen LogP contribution in [-0.2, 0) is 0 Å². The van der Waals surface area contributed by atoms with Crippen molar-refractivity contribution in [3.8, 4) is 0 Å². The third kappa shape index (κ3) is 17.4. The Labute approximate surface area is 243 Å². The van der Waals surface area contributed by atoms with Crippen molar-refractivity contribution in [3.63, 3.8) is 0 Å². The first-order valence-corrected chi connectivity index (χ1v) is 16.8. The van der Waals surface area contributed by atoms with Crippen molar-refractivity contribution in [1.82, 2.24) is 4.90 Å². The quantitative estimate of drug-likeness (QED) is 0.122. The van der Waals surface area contributed by atoms with Crippen LogP contribution in [-0.4, -0.2) is 32.1 Å². The average molecular weight is 535 g/mol. The van der Waals surface area contributed by atoms with Gasteiger partial charge in [-0.25, -0.2) is 0 Å².